The number of H-pyrrole nitrogens is 1. The predicted octanol–water partition coefficient (Wildman–Crippen LogP) is 4.18. The zero-order chi connectivity index (χ0) is 26.5. The zero-order valence-electron chi connectivity index (χ0n) is 23.2. The standard InChI is InChI=1S/C30H38N8O/c1-4-36-9-7-23(8-10-36)37-17-22(13-33-37)26-14-31-30-29(26)34-27(15-32-30)20-5-6-28(21(11-20)16-35(2)3)38-24-12-25(38)19-39-18-24/h5-6,11,13-15,17,23-25H,4,7-10,12,16,18-19H2,1-3H3,(H,31,32). The van der Waals surface area contributed by atoms with Crippen LogP contribution in [-0.2, 0) is 11.3 Å². The van der Waals surface area contributed by atoms with Gasteiger partial charge in [-0.25, -0.2) is 9.97 Å². The molecule has 204 valence electrons. The summed E-state index contributed by atoms with van der Waals surface area (Å²) in [6.45, 7) is 8.17. The highest BCUT2D eigenvalue weighted by atomic mass is 16.5. The summed E-state index contributed by atoms with van der Waals surface area (Å²) >= 11 is 0. The molecule has 3 aliphatic heterocycles. The maximum Gasteiger partial charge on any atom is 0.156 e. The third-order valence-corrected chi connectivity index (χ3v) is 8.76. The van der Waals surface area contributed by atoms with E-state index in [0.717, 1.165) is 85.8 Å². The van der Waals surface area contributed by atoms with E-state index in [2.05, 4.69) is 69.8 Å². The normalized spacial score (nSPS) is 22.1. The molecule has 9 heteroatoms. The Morgan fingerprint density at radius 1 is 1.05 bits per heavy atom. The molecule has 0 amide bonds. The molecule has 0 radical (unpaired) electrons. The molecule has 3 aliphatic rings. The molecule has 3 saturated heterocycles. The summed E-state index contributed by atoms with van der Waals surface area (Å²) in [7, 11) is 4.25. The van der Waals surface area contributed by atoms with Crippen molar-refractivity contribution in [2.45, 2.75) is 50.9 Å². The molecular formula is C30H38N8O. The molecule has 1 aromatic carbocycles. The van der Waals surface area contributed by atoms with Crippen LogP contribution in [0.25, 0.3) is 33.5 Å². The van der Waals surface area contributed by atoms with Crippen LogP contribution < -0.4 is 4.90 Å². The van der Waals surface area contributed by atoms with Crippen molar-refractivity contribution in [3.05, 3.63) is 48.5 Å². The van der Waals surface area contributed by atoms with Crippen LogP contribution in [0.1, 0.15) is 37.8 Å². The third-order valence-electron chi connectivity index (χ3n) is 8.76. The average Bonchev–Trinajstić information content (AvgIpc) is 3.61. The molecule has 0 saturated carbocycles. The summed E-state index contributed by atoms with van der Waals surface area (Å²) in [6.07, 6.45) is 11.6. The number of aromatic amines is 1. The fourth-order valence-electron chi connectivity index (χ4n) is 6.62. The highest BCUT2D eigenvalue weighted by Crippen LogP contribution is 2.39. The van der Waals surface area contributed by atoms with Crippen molar-refractivity contribution >= 4 is 16.9 Å². The largest absolute Gasteiger partial charge is 0.377 e. The van der Waals surface area contributed by atoms with Gasteiger partial charge in [-0.2, -0.15) is 5.10 Å². The number of likely N-dealkylation sites (tertiary alicyclic amines) is 1. The molecule has 2 bridgehead atoms. The Bertz CT molecular complexity index is 1450. The second-order valence-electron chi connectivity index (χ2n) is 11.6. The lowest BCUT2D eigenvalue weighted by molar-refractivity contribution is 0.0101. The summed E-state index contributed by atoms with van der Waals surface area (Å²) in [6, 6.07) is 8.22. The van der Waals surface area contributed by atoms with Gasteiger partial charge in [0, 0.05) is 54.4 Å². The van der Waals surface area contributed by atoms with Crippen LogP contribution in [0.15, 0.2) is 43.0 Å². The van der Waals surface area contributed by atoms with Crippen LogP contribution in [0.4, 0.5) is 5.69 Å². The van der Waals surface area contributed by atoms with Crippen molar-refractivity contribution in [3.8, 4) is 22.4 Å². The van der Waals surface area contributed by atoms with Crippen molar-refractivity contribution in [3.63, 3.8) is 0 Å². The van der Waals surface area contributed by atoms with Crippen molar-refractivity contribution in [2.75, 3.05) is 51.8 Å². The van der Waals surface area contributed by atoms with E-state index in [0.29, 0.717) is 18.1 Å². The second kappa shape index (κ2) is 10.0. The maximum atomic E-state index is 5.74. The van der Waals surface area contributed by atoms with E-state index < -0.39 is 0 Å². The van der Waals surface area contributed by atoms with Crippen molar-refractivity contribution in [1.82, 2.24) is 34.5 Å². The van der Waals surface area contributed by atoms with Gasteiger partial charge in [0.2, 0.25) is 0 Å². The first-order chi connectivity index (χ1) is 19.1. The minimum Gasteiger partial charge on any atom is -0.377 e. The lowest BCUT2D eigenvalue weighted by atomic mass is 9.89. The van der Waals surface area contributed by atoms with Gasteiger partial charge in [0.15, 0.2) is 5.65 Å². The number of fused-ring (bicyclic) bond motifs is 3. The molecule has 39 heavy (non-hydrogen) atoms. The van der Waals surface area contributed by atoms with E-state index in [1.54, 1.807) is 0 Å². The molecule has 2 atom stereocenters. The van der Waals surface area contributed by atoms with Crippen molar-refractivity contribution in [2.24, 2.45) is 0 Å². The number of hydrogen-bond acceptors (Lipinski definition) is 7. The number of nitrogens with one attached hydrogen (secondary N) is 1. The lowest BCUT2D eigenvalue weighted by Gasteiger charge is -2.54. The molecule has 1 N–H and O–H groups in total. The fraction of sp³-hybridized carbons (Fsp3) is 0.500. The Hall–Kier alpha value is -3.27. The van der Waals surface area contributed by atoms with E-state index in [1.165, 1.54) is 17.7 Å². The number of aromatic nitrogens is 5. The molecule has 0 aliphatic carbocycles. The Balaban J connectivity index is 1.19. The Morgan fingerprint density at radius 3 is 2.62 bits per heavy atom. The van der Waals surface area contributed by atoms with Gasteiger partial charge >= 0.3 is 0 Å². The number of benzene rings is 1. The molecule has 3 fully saturated rings. The Morgan fingerprint density at radius 2 is 1.87 bits per heavy atom. The van der Waals surface area contributed by atoms with Gasteiger partial charge < -0.3 is 24.4 Å². The number of piperidine rings is 1. The van der Waals surface area contributed by atoms with Crippen LogP contribution in [0.3, 0.4) is 0 Å². The first kappa shape index (κ1) is 24.7. The van der Waals surface area contributed by atoms with Gasteiger partial charge in [-0.05, 0) is 57.6 Å². The molecule has 3 aromatic heterocycles. The topological polar surface area (TPSA) is 78.3 Å². The molecule has 6 heterocycles. The van der Waals surface area contributed by atoms with E-state index in [9.17, 15) is 0 Å². The number of ether oxygens (including phenoxy) is 1. The van der Waals surface area contributed by atoms with Gasteiger partial charge in [-0.1, -0.05) is 13.0 Å². The first-order valence-electron chi connectivity index (χ1n) is 14.3. The fourth-order valence-corrected chi connectivity index (χ4v) is 6.62. The minimum absolute atomic E-state index is 0.458. The summed E-state index contributed by atoms with van der Waals surface area (Å²) in [5.41, 5.74) is 8.46. The van der Waals surface area contributed by atoms with Crippen LogP contribution in [-0.4, -0.2) is 93.6 Å². The van der Waals surface area contributed by atoms with Crippen LogP contribution in [0, 0.1) is 0 Å². The molecule has 7 rings (SSSR count). The van der Waals surface area contributed by atoms with Gasteiger partial charge in [-0.15, -0.1) is 0 Å². The summed E-state index contributed by atoms with van der Waals surface area (Å²) in [5, 5.41) is 4.75. The van der Waals surface area contributed by atoms with E-state index in [1.807, 2.05) is 18.6 Å². The molecule has 9 nitrogen and oxygen atoms in total. The average molecular weight is 527 g/mol. The minimum atomic E-state index is 0.458. The number of hydrogen-bond donors (Lipinski definition) is 1. The van der Waals surface area contributed by atoms with Crippen molar-refractivity contribution in [1.29, 1.82) is 0 Å². The number of nitrogens with zero attached hydrogens (tertiary/aromatic N) is 7. The Kier molecular flexibility index (Phi) is 6.37. The van der Waals surface area contributed by atoms with Gasteiger partial charge in [0.25, 0.3) is 0 Å². The zero-order valence-corrected chi connectivity index (χ0v) is 23.2. The first-order valence-corrected chi connectivity index (χ1v) is 14.3. The highest BCUT2D eigenvalue weighted by Gasteiger charge is 2.43. The molecular weight excluding hydrogens is 488 g/mol. The number of rotatable bonds is 7. The van der Waals surface area contributed by atoms with E-state index in [4.69, 9.17) is 19.8 Å². The SMILES string of the molecule is CCN1CCC(n2cc(-c3c[nH]c4ncc(-c5ccc(N6C7COCC6C7)c(CN(C)C)c5)nc34)cn2)CC1. The highest BCUT2D eigenvalue weighted by molar-refractivity contribution is 5.91. The second-order valence-corrected chi connectivity index (χ2v) is 11.6. The molecule has 4 aromatic rings. The van der Waals surface area contributed by atoms with Crippen LogP contribution in [0.2, 0.25) is 0 Å². The summed E-state index contributed by atoms with van der Waals surface area (Å²) < 4.78 is 7.90. The number of morpholine rings is 1. The molecule has 0 spiro atoms. The summed E-state index contributed by atoms with van der Waals surface area (Å²) in [4.78, 5) is 20.5. The third kappa shape index (κ3) is 4.52. The van der Waals surface area contributed by atoms with E-state index >= 15 is 0 Å². The van der Waals surface area contributed by atoms with Crippen LogP contribution in [0.5, 0.6) is 0 Å². The van der Waals surface area contributed by atoms with Gasteiger partial charge in [0.1, 0.15) is 5.52 Å². The van der Waals surface area contributed by atoms with Gasteiger partial charge in [0.05, 0.1) is 49.4 Å². The smallest absolute Gasteiger partial charge is 0.156 e. The van der Waals surface area contributed by atoms with Gasteiger partial charge in [-0.3, -0.25) is 4.68 Å². The van der Waals surface area contributed by atoms with E-state index in [-0.39, 0.29) is 0 Å². The molecule has 2 unspecified atom stereocenters. The van der Waals surface area contributed by atoms with Crippen molar-refractivity contribution < 1.29 is 4.74 Å². The summed E-state index contributed by atoms with van der Waals surface area (Å²) in [5.74, 6) is 0. The predicted molar refractivity (Wildman–Crippen MR) is 154 cm³/mol. The number of anilines is 1. The van der Waals surface area contributed by atoms with Crippen LogP contribution >= 0.6 is 0 Å². The monoisotopic (exact) mass is 526 g/mol. The quantitative estimate of drug-likeness (QED) is 0.387. The Labute approximate surface area is 229 Å². The maximum absolute atomic E-state index is 5.74. The lowest BCUT2D eigenvalue weighted by Crippen LogP contribution is -2.64.